The Morgan fingerprint density at radius 1 is 1.35 bits per heavy atom. The van der Waals surface area contributed by atoms with Crippen LogP contribution in [-0.4, -0.2) is 10.6 Å². The molecule has 0 spiro atoms. The van der Waals surface area contributed by atoms with E-state index in [2.05, 4.69) is 16.8 Å². The Morgan fingerprint density at radius 2 is 2.18 bits per heavy atom. The SMILES string of the molecule is CC(N)Cn1ccc2c1-c1ccc(F)cc1C2. The third kappa shape index (κ3) is 1.67. The average molecular weight is 230 g/mol. The quantitative estimate of drug-likeness (QED) is 0.720. The summed E-state index contributed by atoms with van der Waals surface area (Å²) in [4.78, 5) is 0. The molecule has 0 saturated carbocycles. The second-order valence-electron chi connectivity index (χ2n) is 4.80. The van der Waals surface area contributed by atoms with Crippen molar-refractivity contribution in [2.24, 2.45) is 5.73 Å². The predicted octanol–water partition coefficient (Wildman–Crippen LogP) is 2.55. The molecule has 1 aromatic heterocycles. The van der Waals surface area contributed by atoms with Crippen molar-refractivity contribution >= 4 is 0 Å². The van der Waals surface area contributed by atoms with Gasteiger partial charge >= 0.3 is 0 Å². The zero-order valence-electron chi connectivity index (χ0n) is 9.78. The van der Waals surface area contributed by atoms with E-state index in [0.717, 1.165) is 24.1 Å². The third-order valence-corrected chi connectivity index (χ3v) is 3.24. The lowest BCUT2D eigenvalue weighted by Gasteiger charge is -2.11. The summed E-state index contributed by atoms with van der Waals surface area (Å²) in [7, 11) is 0. The van der Waals surface area contributed by atoms with Gasteiger partial charge in [-0.2, -0.15) is 0 Å². The van der Waals surface area contributed by atoms with E-state index in [-0.39, 0.29) is 11.9 Å². The zero-order chi connectivity index (χ0) is 12.0. The summed E-state index contributed by atoms with van der Waals surface area (Å²) in [5.41, 5.74) is 10.5. The number of hydrogen-bond acceptors (Lipinski definition) is 1. The maximum absolute atomic E-state index is 13.2. The van der Waals surface area contributed by atoms with Crippen molar-refractivity contribution in [1.82, 2.24) is 4.57 Å². The third-order valence-electron chi connectivity index (χ3n) is 3.24. The van der Waals surface area contributed by atoms with Gasteiger partial charge in [-0.05, 0) is 42.3 Å². The number of nitrogens with two attached hydrogens (primary N) is 1. The van der Waals surface area contributed by atoms with E-state index in [9.17, 15) is 4.39 Å². The molecule has 1 atom stereocenters. The molecule has 0 saturated heterocycles. The fraction of sp³-hybridized carbons (Fsp3) is 0.286. The van der Waals surface area contributed by atoms with E-state index in [4.69, 9.17) is 5.73 Å². The highest BCUT2D eigenvalue weighted by atomic mass is 19.1. The summed E-state index contributed by atoms with van der Waals surface area (Å²) in [6, 6.07) is 7.25. The van der Waals surface area contributed by atoms with Gasteiger partial charge in [-0.3, -0.25) is 0 Å². The van der Waals surface area contributed by atoms with Gasteiger partial charge in [-0.1, -0.05) is 0 Å². The van der Waals surface area contributed by atoms with Crippen molar-refractivity contribution in [3.8, 4) is 11.3 Å². The van der Waals surface area contributed by atoms with Crippen LogP contribution in [-0.2, 0) is 13.0 Å². The molecule has 2 N–H and O–H groups in total. The highest BCUT2D eigenvalue weighted by Gasteiger charge is 2.22. The lowest BCUT2D eigenvalue weighted by Crippen LogP contribution is -2.22. The van der Waals surface area contributed by atoms with Gasteiger partial charge in [0.15, 0.2) is 0 Å². The summed E-state index contributed by atoms with van der Waals surface area (Å²) >= 11 is 0. The van der Waals surface area contributed by atoms with Gasteiger partial charge in [-0.25, -0.2) is 4.39 Å². The Morgan fingerprint density at radius 3 is 2.94 bits per heavy atom. The zero-order valence-corrected chi connectivity index (χ0v) is 9.78. The lowest BCUT2D eigenvalue weighted by molar-refractivity contribution is 0.596. The molecule has 0 radical (unpaired) electrons. The molecule has 17 heavy (non-hydrogen) atoms. The smallest absolute Gasteiger partial charge is 0.123 e. The number of fused-ring (bicyclic) bond motifs is 3. The molecular formula is C14H15FN2. The Bertz CT molecular complexity index is 570. The van der Waals surface area contributed by atoms with Gasteiger partial charge in [0, 0.05) is 30.8 Å². The van der Waals surface area contributed by atoms with Crippen molar-refractivity contribution in [3.63, 3.8) is 0 Å². The highest BCUT2D eigenvalue weighted by molar-refractivity contribution is 5.74. The van der Waals surface area contributed by atoms with E-state index in [0.29, 0.717) is 0 Å². The van der Waals surface area contributed by atoms with Crippen LogP contribution in [0.5, 0.6) is 0 Å². The number of rotatable bonds is 2. The predicted molar refractivity (Wildman–Crippen MR) is 66.3 cm³/mol. The maximum Gasteiger partial charge on any atom is 0.123 e. The maximum atomic E-state index is 13.2. The van der Waals surface area contributed by atoms with Gasteiger partial charge in [0.05, 0.1) is 5.69 Å². The highest BCUT2D eigenvalue weighted by Crippen LogP contribution is 2.37. The number of aromatic nitrogens is 1. The monoisotopic (exact) mass is 230 g/mol. The fourth-order valence-corrected chi connectivity index (χ4v) is 2.60. The van der Waals surface area contributed by atoms with Crippen LogP contribution in [0.1, 0.15) is 18.1 Å². The minimum Gasteiger partial charge on any atom is -0.346 e. The normalized spacial score (nSPS) is 14.5. The summed E-state index contributed by atoms with van der Waals surface area (Å²) in [6.45, 7) is 2.79. The average Bonchev–Trinajstić information content (AvgIpc) is 2.77. The Balaban J connectivity index is 2.10. The summed E-state index contributed by atoms with van der Waals surface area (Å²) in [5.74, 6) is -0.160. The van der Waals surface area contributed by atoms with Crippen LogP contribution >= 0.6 is 0 Å². The van der Waals surface area contributed by atoms with Crippen LogP contribution in [0.4, 0.5) is 4.39 Å². The summed E-state index contributed by atoms with van der Waals surface area (Å²) in [6.07, 6.45) is 2.90. The molecule has 1 aliphatic carbocycles. The molecule has 88 valence electrons. The van der Waals surface area contributed by atoms with Crippen molar-refractivity contribution in [3.05, 3.63) is 47.4 Å². The van der Waals surface area contributed by atoms with E-state index < -0.39 is 0 Å². The Labute approximate surface area is 99.9 Å². The molecule has 1 aromatic carbocycles. The largest absolute Gasteiger partial charge is 0.346 e. The van der Waals surface area contributed by atoms with Gasteiger partial charge in [0.25, 0.3) is 0 Å². The first-order valence-corrected chi connectivity index (χ1v) is 5.87. The molecule has 3 rings (SSSR count). The molecule has 0 fully saturated rings. The van der Waals surface area contributed by atoms with E-state index in [1.807, 2.05) is 13.0 Å². The topological polar surface area (TPSA) is 30.9 Å². The fourth-order valence-electron chi connectivity index (χ4n) is 2.60. The first kappa shape index (κ1) is 10.5. The minimum atomic E-state index is -0.160. The molecule has 2 aromatic rings. The standard InChI is InChI=1S/C14H15FN2/c1-9(16)8-17-5-4-10-6-11-7-12(15)2-3-13(11)14(10)17/h2-5,7,9H,6,8,16H2,1H3. The molecule has 0 bridgehead atoms. The first-order valence-electron chi connectivity index (χ1n) is 5.87. The van der Waals surface area contributed by atoms with Crippen LogP contribution in [0.25, 0.3) is 11.3 Å². The van der Waals surface area contributed by atoms with Crippen LogP contribution < -0.4 is 5.73 Å². The Kier molecular flexibility index (Phi) is 2.30. The number of halogens is 1. The van der Waals surface area contributed by atoms with Gasteiger partial charge in [-0.15, -0.1) is 0 Å². The molecule has 2 nitrogen and oxygen atoms in total. The second-order valence-corrected chi connectivity index (χ2v) is 4.80. The van der Waals surface area contributed by atoms with Crippen molar-refractivity contribution in [2.75, 3.05) is 0 Å². The van der Waals surface area contributed by atoms with E-state index in [1.54, 1.807) is 6.07 Å². The van der Waals surface area contributed by atoms with Crippen LogP contribution in [0.15, 0.2) is 30.5 Å². The number of hydrogen-bond donors (Lipinski definition) is 1. The Hall–Kier alpha value is -1.61. The van der Waals surface area contributed by atoms with Crippen molar-refractivity contribution in [2.45, 2.75) is 25.9 Å². The molecular weight excluding hydrogens is 215 g/mol. The lowest BCUT2D eigenvalue weighted by atomic mass is 10.1. The van der Waals surface area contributed by atoms with E-state index in [1.165, 1.54) is 17.3 Å². The second kappa shape index (κ2) is 3.70. The van der Waals surface area contributed by atoms with E-state index >= 15 is 0 Å². The van der Waals surface area contributed by atoms with Crippen LogP contribution in [0.2, 0.25) is 0 Å². The molecule has 1 heterocycles. The molecule has 1 unspecified atom stereocenters. The number of benzene rings is 1. The van der Waals surface area contributed by atoms with Crippen LogP contribution in [0, 0.1) is 5.82 Å². The summed E-state index contributed by atoms with van der Waals surface area (Å²) in [5, 5.41) is 0. The summed E-state index contributed by atoms with van der Waals surface area (Å²) < 4.78 is 15.3. The van der Waals surface area contributed by atoms with Gasteiger partial charge in [0.2, 0.25) is 0 Å². The van der Waals surface area contributed by atoms with Crippen molar-refractivity contribution < 1.29 is 4.39 Å². The number of nitrogens with zero attached hydrogens (tertiary/aromatic N) is 1. The molecule has 1 aliphatic rings. The van der Waals surface area contributed by atoms with Gasteiger partial charge in [0.1, 0.15) is 5.82 Å². The van der Waals surface area contributed by atoms with Crippen LogP contribution in [0.3, 0.4) is 0 Å². The van der Waals surface area contributed by atoms with Crippen molar-refractivity contribution in [1.29, 1.82) is 0 Å². The molecule has 0 amide bonds. The molecule has 0 aliphatic heterocycles. The minimum absolute atomic E-state index is 0.121. The first-order chi connectivity index (χ1) is 8.15. The van der Waals surface area contributed by atoms with Gasteiger partial charge < -0.3 is 10.3 Å². The molecule has 3 heteroatoms.